The van der Waals surface area contributed by atoms with Gasteiger partial charge in [-0.25, -0.2) is 19.6 Å². The first-order valence-electron chi connectivity index (χ1n) is 34.6. The van der Waals surface area contributed by atoms with E-state index in [9.17, 15) is 61.2 Å². The van der Waals surface area contributed by atoms with Crippen molar-refractivity contribution in [3.05, 3.63) is 132 Å². The Morgan fingerprint density at radius 3 is 2.22 bits per heavy atom. The molecule has 103 heavy (non-hydrogen) atoms. The van der Waals surface area contributed by atoms with Gasteiger partial charge in [0.1, 0.15) is 18.4 Å². The van der Waals surface area contributed by atoms with Gasteiger partial charge in [-0.3, -0.25) is 58.0 Å². The second-order valence-corrected chi connectivity index (χ2v) is 31.6. The summed E-state index contributed by atoms with van der Waals surface area (Å²) in [5, 5.41) is 30.6. The number of carbonyl (C=O) groups excluding carboxylic acids is 8. The van der Waals surface area contributed by atoms with Gasteiger partial charge in [0.25, 0.3) is 27.8 Å². The Kier molecular flexibility index (Phi) is 22.5. The van der Waals surface area contributed by atoms with Crippen LogP contribution < -0.4 is 32.3 Å². The third-order valence-electron chi connectivity index (χ3n) is 19.9. The summed E-state index contributed by atoms with van der Waals surface area (Å²) in [6, 6.07) is 21.3. The Labute approximate surface area is 599 Å². The number of urea groups is 1. The zero-order valence-corrected chi connectivity index (χ0v) is 59.8. The summed E-state index contributed by atoms with van der Waals surface area (Å²) < 4.78 is 50.1. The number of benzene rings is 3. The molecule has 3 unspecified atom stereocenters. The van der Waals surface area contributed by atoms with Gasteiger partial charge in [-0.15, -0.1) is 0 Å². The minimum Gasteiger partial charge on any atom is -0.476 e. The van der Waals surface area contributed by atoms with Crippen molar-refractivity contribution in [2.75, 3.05) is 42.6 Å². The van der Waals surface area contributed by atoms with E-state index in [4.69, 9.17) is 20.3 Å². The Bertz CT molecular complexity index is 4520. The van der Waals surface area contributed by atoms with E-state index in [0.717, 1.165) is 52.9 Å². The second-order valence-electron chi connectivity index (χ2n) is 29.1. The number of para-hydroxylation sites is 1. The fraction of sp³-hybridized carbons (Fsp3) is 0.446. The fourth-order valence-corrected chi connectivity index (χ4v) is 18.1. The van der Waals surface area contributed by atoms with Crippen molar-refractivity contribution in [3.63, 3.8) is 0 Å². The third-order valence-corrected chi connectivity index (χ3v) is 21.6. The smallest absolute Gasteiger partial charge is 0.355 e. The second kappa shape index (κ2) is 31.1. The molecule has 0 spiro atoms. The number of anilines is 2. The van der Waals surface area contributed by atoms with Gasteiger partial charge in [-0.2, -0.15) is 13.5 Å². The molecular formula is C74H86N12O15S2. The van der Waals surface area contributed by atoms with Crippen LogP contribution in [0.15, 0.2) is 109 Å². The molecule has 9 N–H and O–H groups in total. The standard InChI is InChI=1S/C74H86N12O15S2/c1-44(2)63(83-60(88)18-7-6-10-29-85-61(89)25-26-62(85)90)58(87)32-47(13-12-27-77-69(75)96)65(91)80-49-21-19-46(20-22-49)35-100-68(95)57(36-103(97,98)99)76-28-30-101-74-40-71(4)37-72(5,41-74)39-73(38-71,42-74)43-86-45(3)53(34-79-86)50-23-24-54(81-64(50)67(93)94)48-31-52-51(14-11-16-55(52)78-33-48)66(92)84-70-82-56-15-8-9-17-59(56)102-70/h8-9,11,14-17,19-26,31,33-34,44,47,57,63,76H,6-7,10,12-13,18,27-30,32,35-43H2,1-5H3,(H,80,91)(H,83,88)(H,93,94)(H3,75,77,96)(H,82,84,92)(H,97,98,99)/t47-,57?,63+,71?,72?,73?,74?/m1/s1. The summed E-state index contributed by atoms with van der Waals surface area (Å²) in [5.74, 6) is -6.72. The Hall–Kier alpha value is -9.68. The highest BCUT2D eigenvalue weighted by atomic mass is 32.2. The monoisotopic (exact) mass is 1450 g/mol. The number of Topliss-reactive ketones (excluding diaryl/α,β-unsaturated/α-hetero) is 1. The Morgan fingerprint density at radius 2 is 1.52 bits per heavy atom. The predicted octanol–water partition coefficient (Wildman–Crippen LogP) is 9.34. The average molecular weight is 1450 g/mol. The van der Waals surface area contributed by atoms with Crippen molar-refractivity contribution < 1.29 is 70.7 Å². The molecule has 4 aliphatic carbocycles. The molecule has 0 radical (unpaired) electrons. The van der Waals surface area contributed by atoms with E-state index in [0.29, 0.717) is 93.9 Å². The number of ketones is 1. The lowest BCUT2D eigenvalue weighted by atomic mass is 9.39. The molecule has 5 heterocycles. The quantitative estimate of drug-likeness (QED) is 0.00805. The van der Waals surface area contributed by atoms with Crippen LogP contribution in [0, 0.1) is 35.0 Å². The highest BCUT2D eigenvalue weighted by Crippen LogP contribution is 2.72. The molecule has 27 nitrogen and oxygen atoms in total. The Balaban J connectivity index is 0.688. The molecule has 5 aliphatic rings. The molecule has 1 aliphatic heterocycles. The first kappa shape index (κ1) is 74.5. The number of hydrogen-bond donors (Lipinski definition) is 8. The normalized spacial score (nSPS) is 20.7. The van der Waals surface area contributed by atoms with Gasteiger partial charge in [-0.1, -0.05) is 75.8 Å². The maximum atomic E-state index is 13.9. The number of aromatic nitrogens is 5. The van der Waals surface area contributed by atoms with Gasteiger partial charge in [-0.05, 0) is 153 Å². The molecule has 4 saturated carbocycles. The summed E-state index contributed by atoms with van der Waals surface area (Å²) in [4.78, 5) is 131. The summed E-state index contributed by atoms with van der Waals surface area (Å²) in [6.45, 7) is 10.8. The summed E-state index contributed by atoms with van der Waals surface area (Å²) in [7, 11) is -4.69. The number of primary amides is 1. The average Bonchev–Trinajstić information content (AvgIpc) is 0.795. The number of hydrogen-bond acceptors (Lipinski definition) is 19. The Morgan fingerprint density at radius 1 is 0.796 bits per heavy atom. The maximum absolute atomic E-state index is 13.9. The highest BCUT2D eigenvalue weighted by Gasteiger charge is 2.66. The minimum absolute atomic E-state index is 0.0310. The zero-order valence-electron chi connectivity index (χ0n) is 58.1. The number of nitrogens with two attached hydrogens (primary N) is 1. The van der Waals surface area contributed by atoms with Crippen molar-refractivity contribution in [1.82, 2.24) is 45.6 Å². The molecule has 5 atom stereocenters. The lowest BCUT2D eigenvalue weighted by Crippen LogP contribution is -2.64. The van der Waals surface area contributed by atoms with E-state index in [2.05, 4.69) is 55.4 Å². The predicted molar refractivity (Wildman–Crippen MR) is 385 cm³/mol. The summed E-state index contributed by atoms with van der Waals surface area (Å²) >= 11 is 1.37. The zero-order chi connectivity index (χ0) is 73.6. The van der Waals surface area contributed by atoms with Gasteiger partial charge >= 0.3 is 18.0 Å². The maximum Gasteiger partial charge on any atom is 0.355 e. The number of carbonyl (C=O) groups is 9. The first-order chi connectivity index (χ1) is 49.0. The summed E-state index contributed by atoms with van der Waals surface area (Å²) in [6.07, 6.45) is 12.6. The number of ether oxygens (including phenoxy) is 2. The number of thiazole rings is 1. The number of aromatic carboxylic acids is 1. The van der Waals surface area contributed by atoms with Crippen molar-refractivity contribution in [3.8, 4) is 22.4 Å². The minimum atomic E-state index is -4.69. The van der Waals surface area contributed by atoms with Crippen LogP contribution in [-0.2, 0) is 61.5 Å². The molecule has 4 fully saturated rings. The van der Waals surface area contributed by atoms with Crippen LogP contribution in [0.5, 0.6) is 0 Å². The highest BCUT2D eigenvalue weighted by molar-refractivity contribution is 7.85. The SMILES string of the molecule is Cc1c(-c2ccc(-c3cnc4cccc(C(=O)Nc5nc6ccccc6s5)c4c3)nc2C(=O)O)cnn1CC12CC3(C)CC(C)(C1)CC(OCCNC(CS(=O)(=O)O)C(=O)OCc1ccc(NC(=O)[C@H](CCCNC(N)=O)CC(=O)[C@@H](NC(=O)CCCCCN4C(=O)C=CC4=O)C(C)C)cc1)(C3)C2. The molecule has 7 aromatic rings. The number of unbranched alkanes of at least 4 members (excludes halogenated alkanes) is 2. The van der Waals surface area contributed by atoms with E-state index in [1.165, 1.54) is 23.5 Å². The van der Waals surface area contributed by atoms with Gasteiger partial charge < -0.3 is 41.6 Å². The number of esters is 1. The van der Waals surface area contributed by atoms with Crippen LogP contribution in [0.2, 0.25) is 0 Å². The number of rotatable bonds is 34. The van der Waals surface area contributed by atoms with Crippen molar-refractivity contribution in [2.24, 2.45) is 33.8 Å². The van der Waals surface area contributed by atoms with Crippen LogP contribution in [0.4, 0.5) is 15.6 Å². The number of nitrogens with zero attached hydrogens (tertiary/aromatic N) is 6. The number of imide groups is 1. The number of amides is 7. The van der Waals surface area contributed by atoms with E-state index >= 15 is 0 Å². The molecular weight excluding hydrogens is 1360 g/mol. The van der Waals surface area contributed by atoms with Crippen molar-refractivity contribution >= 4 is 107 Å². The van der Waals surface area contributed by atoms with E-state index < -0.39 is 63.4 Å². The van der Waals surface area contributed by atoms with Crippen molar-refractivity contribution in [1.29, 1.82) is 0 Å². The topological polar surface area (TPSA) is 393 Å². The van der Waals surface area contributed by atoms with Crippen LogP contribution in [-0.4, -0.2) is 151 Å². The molecule has 3 aromatic carbocycles. The fourth-order valence-electron chi connectivity index (χ4n) is 16.5. The molecule has 12 rings (SSSR count). The van der Waals surface area contributed by atoms with Crippen LogP contribution >= 0.6 is 11.3 Å². The summed E-state index contributed by atoms with van der Waals surface area (Å²) in [5.41, 5.74) is 9.16. The molecule has 4 bridgehead atoms. The molecule has 7 amide bonds. The number of carboxylic acids is 1. The van der Waals surface area contributed by atoms with E-state index in [-0.39, 0.29) is 109 Å². The van der Waals surface area contributed by atoms with Gasteiger partial charge in [0.05, 0.1) is 45.9 Å². The number of carboxylic acid groups (broad SMARTS) is 1. The van der Waals surface area contributed by atoms with Crippen LogP contribution in [0.25, 0.3) is 43.5 Å². The number of pyridine rings is 2. The lowest BCUT2D eigenvalue weighted by Gasteiger charge is -2.69. The van der Waals surface area contributed by atoms with Crippen molar-refractivity contribution in [2.45, 2.75) is 149 Å². The molecule has 0 saturated heterocycles. The van der Waals surface area contributed by atoms with Crippen LogP contribution in [0.1, 0.15) is 143 Å². The van der Waals surface area contributed by atoms with Gasteiger partial charge in [0.15, 0.2) is 16.6 Å². The molecule has 544 valence electrons. The lowest BCUT2D eigenvalue weighted by molar-refractivity contribution is -0.247. The van der Waals surface area contributed by atoms with Crippen LogP contribution in [0.3, 0.4) is 0 Å². The van der Waals surface area contributed by atoms with Gasteiger partial charge in [0.2, 0.25) is 11.8 Å². The first-order valence-corrected chi connectivity index (χ1v) is 37.0. The van der Waals surface area contributed by atoms with Gasteiger partial charge in [0, 0.05) is 102 Å². The van der Waals surface area contributed by atoms with E-state index in [1.54, 1.807) is 86.9 Å². The molecule has 29 heteroatoms. The van der Waals surface area contributed by atoms with E-state index in [1.807, 2.05) is 35.9 Å². The largest absolute Gasteiger partial charge is 0.476 e. The number of nitrogens with one attached hydrogen (secondary N) is 5. The number of fused-ring (bicyclic) bond motifs is 2. The third kappa shape index (κ3) is 18.2. The molecule has 4 aromatic heterocycles.